The Morgan fingerprint density at radius 3 is 2.46 bits per heavy atom. The van der Waals surface area contributed by atoms with E-state index in [4.69, 9.17) is 11.6 Å². The average molecular weight is 460 g/mol. The third-order valence-electron chi connectivity index (χ3n) is 4.29. The lowest BCUT2D eigenvalue weighted by atomic mass is 9.97. The molecule has 7 heteroatoms. The molecular weight excluding hydrogens is 444 g/mol. The standard InChI is InChI=1S/C21H16BrClN2O3/c1-12-3-4-13(2)17(9-12)21(26)16-7-6-15(11-18(16)23)24-19-8-5-14(22)10-20(19)25(27)28/h3-11,24H,1-2H3. The summed E-state index contributed by atoms with van der Waals surface area (Å²) >= 11 is 9.59. The van der Waals surface area contributed by atoms with Crippen LogP contribution in [0.1, 0.15) is 27.0 Å². The first kappa shape index (κ1) is 20.0. The molecule has 5 nitrogen and oxygen atoms in total. The number of carbonyl (C=O) groups excluding carboxylic acids is 1. The molecule has 0 fully saturated rings. The van der Waals surface area contributed by atoms with Crippen LogP contribution in [0.4, 0.5) is 17.1 Å². The fourth-order valence-corrected chi connectivity index (χ4v) is 3.43. The maximum Gasteiger partial charge on any atom is 0.293 e. The molecule has 0 aliphatic heterocycles. The van der Waals surface area contributed by atoms with E-state index in [0.29, 0.717) is 27.0 Å². The van der Waals surface area contributed by atoms with Crippen molar-refractivity contribution in [3.63, 3.8) is 0 Å². The van der Waals surface area contributed by atoms with E-state index in [9.17, 15) is 14.9 Å². The predicted molar refractivity (Wildman–Crippen MR) is 115 cm³/mol. The highest BCUT2D eigenvalue weighted by atomic mass is 79.9. The van der Waals surface area contributed by atoms with E-state index in [1.54, 1.807) is 30.3 Å². The topological polar surface area (TPSA) is 72.2 Å². The highest BCUT2D eigenvalue weighted by Crippen LogP contribution is 2.32. The number of carbonyl (C=O) groups is 1. The van der Waals surface area contributed by atoms with Gasteiger partial charge in [-0.1, -0.05) is 45.2 Å². The molecule has 0 unspecified atom stereocenters. The highest BCUT2D eigenvalue weighted by Gasteiger charge is 2.18. The third-order valence-corrected chi connectivity index (χ3v) is 5.09. The summed E-state index contributed by atoms with van der Waals surface area (Å²) in [6, 6.07) is 15.3. The number of aryl methyl sites for hydroxylation is 2. The monoisotopic (exact) mass is 458 g/mol. The van der Waals surface area contributed by atoms with Crippen molar-refractivity contribution in [1.82, 2.24) is 0 Å². The SMILES string of the molecule is Cc1ccc(C)c(C(=O)c2ccc(Nc3ccc(Br)cc3[N+](=O)[O-])cc2Cl)c1. The van der Waals surface area contributed by atoms with Gasteiger partial charge in [-0.25, -0.2) is 0 Å². The van der Waals surface area contributed by atoms with E-state index in [2.05, 4.69) is 21.2 Å². The Morgan fingerprint density at radius 2 is 1.79 bits per heavy atom. The maximum absolute atomic E-state index is 12.9. The van der Waals surface area contributed by atoms with Gasteiger partial charge in [0, 0.05) is 27.4 Å². The number of rotatable bonds is 5. The molecule has 28 heavy (non-hydrogen) atoms. The molecule has 0 saturated heterocycles. The second kappa shape index (κ2) is 8.12. The zero-order valence-electron chi connectivity index (χ0n) is 15.1. The van der Waals surface area contributed by atoms with Crippen molar-refractivity contribution in [3.8, 4) is 0 Å². The number of nitrogens with one attached hydrogen (secondary N) is 1. The first-order valence-electron chi connectivity index (χ1n) is 8.38. The van der Waals surface area contributed by atoms with Gasteiger partial charge in [0.2, 0.25) is 0 Å². The minimum absolute atomic E-state index is 0.0685. The number of hydrogen-bond donors (Lipinski definition) is 1. The molecule has 0 saturated carbocycles. The molecule has 3 aromatic carbocycles. The largest absolute Gasteiger partial charge is 0.350 e. The van der Waals surface area contributed by atoms with Gasteiger partial charge in [0.25, 0.3) is 5.69 Å². The molecule has 0 spiro atoms. The molecule has 0 atom stereocenters. The number of nitro benzene ring substituents is 1. The number of anilines is 2. The van der Waals surface area contributed by atoms with Crippen LogP contribution < -0.4 is 5.32 Å². The molecule has 0 aromatic heterocycles. The average Bonchev–Trinajstić information content (AvgIpc) is 2.64. The van der Waals surface area contributed by atoms with E-state index in [-0.39, 0.29) is 16.5 Å². The zero-order valence-corrected chi connectivity index (χ0v) is 17.5. The van der Waals surface area contributed by atoms with Crippen molar-refractivity contribution < 1.29 is 9.72 Å². The number of ketones is 1. The lowest BCUT2D eigenvalue weighted by Crippen LogP contribution is -2.05. The van der Waals surface area contributed by atoms with Crippen LogP contribution in [0.2, 0.25) is 5.02 Å². The Hall–Kier alpha value is -2.70. The Bertz CT molecular complexity index is 1100. The summed E-state index contributed by atoms with van der Waals surface area (Å²) in [4.78, 5) is 23.7. The molecule has 0 aliphatic carbocycles. The second-order valence-corrected chi connectivity index (χ2v) is 7.71. The summed E-state index contributed by atoms with van der Waals surface area (Å²) in [5, 5.41) is 14.5. The fraction of sp³-hybridized carbons (Fsp3) is 0.0952. The van der Waals surface area contributed by atoms with E-state index in [0.717, 1.165) is 11.1 Å². The molecule has 3 aromatic rings. The van der Waals surface area contributed by atoms with Crippen LogP contribution in [0, 0.1) is 24.0 Å². The van der Waals surface area contributed by atoms with Gasteiger partial charge >= 0.3 is 0 Å². The highest BCUT2D eigenvalue weighted by molar-refractivity contribution is 9.10. The van der Waals surface area contributed by atoms with Crippen LogP contribution in [0.25, 0.3) is 0 Å². The summed E-state index contributed by atoms with van der Waals surface area (Å²) in [5.41, 5.74) is 3.66. The Morgan fingerprint density at radius 1 is 1.04 bits per heavy atom. The van der Waals surface area contributed by atoms with Gasteiger partial charge in [-0.2, -0.15) is 0 Å². The van der Waals surface area contributed by atoms with Crippen molar-refractivity contribution in [2.75, 3.05) is 5.32 Å². The van der Waals surface area contributed by atoms with Crippen LogP contribution in [-0.4, -0.2) is 10.7 Å². The summed E-state index contributed by atoms with van der Waals surface area (Å²) in [7, 11) is 0. The fourth-order valence-electron chi connectivity index (χ4n) is 2.82. The van der Waals surface area contributed by atoms with E-state index in [1.807, 2.05) is 32.0 Å². The van der Waals surface area contributed by atoms with Crippen LogP contribution in [-0.2, 0) is 0 Å². The predicted octanol–water partition coefficient (Wildman–Crippen LogP) is 6.60. The smallest absolute Gasteiger partial charge is 0.293 e. The molecule has 3 rings (SSSR count). The van der Waals surface area contributed by atoms with Gasteiger partial charge in [-0.15, -0.1) is 0 Å². The van der Waals surface area contributed by atoms with Gasteiger partial charge in [-0.05, 0) is 55.8 Å². The number of benzene rings is 3. The van der Waals surface area contributed by atoms with Crippen LogP contribution >= 0.6 is 27.5 Å². The lowest BCUT2D eigenvalue weighted by Gasteiger charge is -2.11. The first-order valence-corrected chi connectivity index (χ1v) is 9.56. The quantitative estimate of drug-likeness (QED) is 0.265. The maximum atomic E-state index is 12.9. The summed E-state index contributed by atoms with van der Waals surface area (Å²) in [6.45, 7) is 3.80. The normalized spacial score (nSPS) is 10.6. The van der Waals surface area contributed by atoms with Gasteiger partial charge < -0.3 is 5.32 Å². The Labute approximate surface area is 175 Å². The number of nitrogens with zero attached hydrogens (tertiary/aromatic N) is 1. The van der Waals surface area contributed by atoms with Gasteiger partial charge in [0.15, 0.2) is 5.78 Å². The number of hydrogen-bond acceptors (Lipinski definition) is 4. The van der Waals surface area contributed by atoms with E-state index < -0.39 is 4.92 Å². The Balaban J connectivity index is 1.92. The zero-order chi connectivity index (χ0) is 20.4. The second-order valence-electron chi connectivity index (χ2n) is 6.39. The van der Waals surface area contributed by atoms with Gasteiger partial charge in [0.1, 0.15) is 5.69 Å². The molecule has 0 aliphatic rings. The molecule has 0 bridgehead atoms. The van der Waals surface area contributed by atoms with Gasteiger partial charge in [-0.3, -0.25) is 14.9 Å². The van der Waals surface area contributed by atoms with Crippen molar-refractivity contribution in [2.24, 2.45) is 0 Å². The molecule has 142 valence electrons. The Kier molecular flexibility index (Phi) is 5.82. The van der Waals surface area contributed by atoms with Crippen molar-refractivity contribution in [2.45, 2.75) is 13.8 Å². The van der Waals surface area contributed by atoms with Crippen molar-refractivity contribution >= 4 is 50.4 Å². The molecule has 1 N–H and O–H groups in total. The third kappa shape index (κ3) is 4.24. The van der Waals surface area contributed by atoms with E-state index in [1.165, 1.54) is 6.07 Å². The van der Waals surface area contributed by atoms with Gasteiger partial charge in [0.05, 0.1) is 9.95 Å². The van der Waals surface area contributed by atoms with Crippen molar-refractivity contribution in [3.05, 3.63) is 96.5 Å². The van der Waals surface area contributed by atoms with Crippen LogP contribution in [0.3, 0.4) is 0 Å². The molecule has 0 radical (unpaired) electrons. The molecular formula is C21H16BrClN2O3. The lowest BCUT2D eigenvalue weighted by molar-refractivity contribution is -0.384. The van der Waals surface area contributed by atoms with Crippen LogP contribution in [0.5, 0.6) is 0 Å². The minimum atomic E-state index is -0.465. The number of nitro groups is 1. The summed E-state index contributed by atoms with van der Waals surface area (Å²) in [5.74, 6) is -0.160. The summed E-state index contributed by atoms with van der Waals surface area (Å²) < 4.78 is 0.609. The minimum Gasteiger partial charge on any atom is -0.350 e. The van der Waals surface area contributed by atoms with Crippen LogP contribution in [0.15, 0.2) is 59.1 Å². The van der Waals surface area contributed by atoms with E-state index >= 15 is 0 Å². The molecule has 0 amide bonds. The molecule has 0 heterocycles. The van der Waals surface area contributed by atoms with Crippen molar-refractivity contribution in [1.29, 1.82) is 0 Å². The summed E-state index contributed by atoms with van der Waals surface area (Å²) in [6.07, 6.45) is 0. The first-order chi connectivity index (χ1) is 13.3. The number of halogens is 2.